The van der Waals surface area contributed by atoms with Gasteiger partial charge < -0.3 is 25.9 Å². The Morgan fingerprint density at radius 2 is 1.92 bits per heavy atom. The lowest BCUT2D eigenvalue weighted by atomic mass is 9.62. The van der Waals surface area contributed by atoms with E-state index in [9.17, 15) is 18.8 Å². The van der Waals surface area contributed by atoms with Crippen LogP contribution in [0, 0.1) is 11.2 Å². The highest BCUT2D eigenvalue weighted by Crippen LogP contribution is 2.52. The zero-order valence-corrected chi connectivity index (χ0v) is 23.4. The molecule has 206 valence electrons. The van der Waals surface area contributed by atoms with Crippen LogP contribution in [0.4, 0.5) is 10.1 Å². The monoisotopic (exact) mass is 565 g/mol. The molecular formula is C28H34Cl2FN3O4. The Hall–Kier alpha value is -2.52. The molecule has 10 heteroatoms. The number of benzene rings is 2. The Morgan fingerprint density at radius 1 is 1.21 bits per heavy atom. The van der Waals surface area contributed by atoms with Crippen molar-refractivity contribution in [2.24, 2.45) is 5.41 Å². The maximum absolute atomic E-state index is 15.0. The number of aldehydes is 1. The molecule has 2 aromatic rings. The van der Waals surface area contributed by atoms with Gasteiger partial charge in [-0.05, 0) is 47.2 Å². The second-order valence-electron chi connectivity index (χ2n) is 10.8. The number of halogens is 3. The van der Waals surface area contributed by atoms with E-state index in [2.05, 4.69) is 16.0 Å². The summed E-state index contributed by atoms with van der Waals surface area (Å²) in [6.45, 7) is 5.48. The molecule has 0 spiro atoms. The minimum absolute atomic E-state index is 0.0219. The molecule has 4 N–H and O–H groups in total. The van der Waals surface area contributed by atoms with E-state index >= 15 is 0 Å². The Bertz CT molecular complexity index is 1200. The van der Waals surface area contributed by atoms with Gasteiger partial charge in [0.2, 0.25) is 5.91 Å². The topological polar surface area (TPSA) is 108 Å². The number of carbonyl (C=O) groups excluding carboxylic acids is 3. The van der Waals surface area contributed by atoms with E-state index in [1.807, 2.05) is 20.8 Å². The van der Waals surface area contributed by atoms with Crippen LogP contribution in [0.2, 0.25) is 10.0 Å². The van der Waals surface area contributed by atoms with Crippen molar-refractivity contribution in [3.63, 3.8) is 0 Å². The molecule has 1 fully saturated rings. The number of amides is 1. The lowest BCUT2D eigenvalue weighted by Gasteiger charge is -2.39. The zero-order valence-electron chi connectivity index (χ0n) is 21.9. The third-order valence-electron chi connectivity index (χ3n) is 6.98. The highest BCUT2D eigenvalue weighted by molar-refractivity contribution is 6.31. The fourth-order valence-electron chi connectivity index (χ4n) is 5.38. The molecule has 38 heavy (non-hydrogen) atoms. The van der Waals surface area contributed by atoms with Crippen LogP contribution in [-0.2, 0) is 19.8 Å². The second kappa shape index (κ2) is 12.1. The molecule has 1 saturated heterocycles. The number of rotatable bonds is 10. The van der Waals surface area contributed by atoms with Gasteiger partial charge in [0.15, 0.2) is 5.78 Å². The number of hydrogen-bond donors (Lipinski definition) is 4. The van der Waals surface area contributed by atoms with Crippen LogP contribution >= 0.6 is 23.2 Å². The average molecular weight is 567 g/mol. The number of nitrogens with one attached hydrogen (secondary N) is 3. The van der Waals surface area contributed by atoms with Gasteiger partial charge in [0.05, 0.1) is 16.5 Å². The standard InChI is InChI=1S/C28H34Cl2FN3O4/c1-27(2,3)13-23-28(15-36,19-11-21(31)20(30)12-22(19)32-4)24(16-6-5-7-17(29)10-16)25(34-23)26(38)33-9-8-18(37)14-35/h5-7,10-12,15,23-25,32,34-35H,8-9,13-14H2,1-4H3,(H,33,38). The van der Waals surface area contributed by atoms with Gasteiger partial charge in [0.1, 0.15) is 18.7 Å². The predicted molar refractivity (Wildman–Crippen MR) is 147 cm³/mol. The number of aliphatic hydroxyl groups is 1. The maximum Gasteiger partial charge on any atom is 0.237 e. The van der Waals surface area contributed by atoms with Gasteiger partial charge in [0.25, 0.3) is 0 Å². The lowest BCUT2D eigenvalue weighted by molar-refractivity contribution is -0.124. The quantitative estimate of drug-likeness (QED) is 0.321. The third-order valence-corrected chi connectivity index (χ3v) is 7.51. The zero-order chi connectivity index (χ0) is 28.3. The summed E-state index contributed by atoms with van der Waals surface area (Å²) in [5.41, 5.74) is -0.211. The summed E-state index contributed by atoms with van der Waals surface area (Å²) in [4.78, 5) is 38.6. The van der Waals surface area contributed by atoms with Crippen molar-refractivity contribution in [1.29, 1.82) is 0 Å². The van der Waals surface area contributed by atoms with Gasteiger partial charge in [-0.2, -0.15) is 0 Å². The van der Waals surface area contributed by atoms with E-state index in [1.165, 1.54) is 12.1 Å². The molecule has 0 saturated carbocycles. The summed E-state index contributed by atoms with van der Waals surface area (Å²) in [6, 6.07) is 8.13. The van der Waals surface area contributed by atoms with Gasteiger partial charge in [-0.1, -0.05) is 56.1 Å². The van der Waals surface area contributed by atoms with Gasteiger partial charge in [-0.25, -0.2) is 4.39 Å². The third kappa shape index (κ3) is 6.20. The molecule has 0 aliphatic carbocycles. The first-order valence-corrected chi connectivity index (χ1v) is 13.2. The number of anilines is 1. The molecule has 4 atom stereocenters. The first-order valence-electron chi connectivity index (χ1n) is 12.4. The van der Waals surface area contributed by atoms with Crippen molar-refractivity contribution in [2.45, 2.75) is 57.0 Å². The van der Waals surface area contributed by atoms with Crippen LogP contribution in [0.15, 0.2) is 36.4 Å². The van der Waals surface area contributed by atoms with Crippen LogP contribution in [0.1, 0.15) is 50.7 Å². The van der Waals surface area contributed by atoms with Crippen LogP contribution in [0.25, 0.3) is 0 Å². The van der Waals surface area contributed by atoms with Crippen LogP contribution in [-0.4, -0.2) is 55.4 Å². The van der Waals surface area contributed by atoms with Crippen molar-refractivity contribution in [3.05, 3.63) is 63.4 Å². The molecule has 0 aromatic heterocycles. The second-order valence-corrected chi connectivity index (χ2v) is 11.7. The van der Waals surface area contributed by atoms with E-state index in [-0.39, 0.29) is 23.4 Å². The summed E-state index contributed by atoms with van der Waals surface area (Å²) < 4.78 is 15.0. The first-order chi connectivity index (χ1) is 17.9. The Balaban J connectivity index is 2.26. The minimum atomic E-state index is -1.40. The van der Waals surface area contributed by atoms with E-state index < -0.39 is 47.5 Å². The molecule has 1 aliphatic rings. The molecule has 1 heterocycles. The predicted octanol–water partition coefficient (Wildman–Crippen LogP) is 4.24. The number of hydrogen-bond acceptors (Lipinski definition) is 6. The molecule has 7 nitrogen and oxygen atoms in total. The first kappa shape index (κ1) is 30.0. The summed E-state index contributed by atoms with van der Waals surface area (Å²) in [5, 5.41) is 18.5. The SMILES string of the molecule is CNc1cc(Cl)c(F)cc1C1(C=O)C(CC(C)(C)C)NC(C(=O)NCCC(=O)CO)C1c1cccc(Cl)c1. The van der Waals surface area contributed by atoms with Crippen LogP contribution in [0.5, 0.6) is 0 Å². The van der Waals surface area contributed by atoms with Gasteiger partial charge in [-0.15, -0.1) is 0 Å². The summed E-state index contributed by atoms with van der Waals surface area (Å²) in [7, 11) is 1.66. The number of Topliss-reactive ketones (excluding diaryl/α,β-unsaturated/α-hetero) is 1. The van der Waals surface area contributed by atoms with E-state index in [1.54, 1.807) is 31.3 Å². The molecule has 4 unspecified atom stereocenters. The normalized spacial score (nSPS) is 23.2. The molecule has 2 aromatic carbocycles. The van der Waals surface area contributed by atoms with E-state index in [4.69, 9.17) is 28.3 Å². The van der Waals surface area contributed by atoms with Gasteiger partial charge >= 0.3 is 0 Å². The Morgan fingerprint density at radius 3 is 2.50 bits per heavy atom. The minimum Gasteiger partial charge on any atom is -0.389 e. The average Bonchev–Trinajstić information content (AvgIpc) is 3.18. The summed E-state index contributed by atoms with van der Waals surface area (Å²) >= 11 is 12.5. The molecule has 1 aliphatic heterocycles. The van der Waals surface area contributed by atoms with Crippen LogP contribution in [0.3, 0.4) is 0 Å². The van der Waals surface area contributed by atoms with Crippen LogP contribution < -0.4 is 16.0 Å². The largest absolute Gasteiger partial charge is 0.389 e. The van der Waals surface area contributed by atoms with Crippen molar-refractivity contribution >= 4 is 46.9 Å². The molecule has 3 rings (SSSR count). The number of aliphatic hydroxyl groups excluding tert-OH is 1. The highest BCUT2D eigenvalue weighted by Gasteiger charge is 2.60. The summed E-state index contributed by atoms with van der Waals surface area (Å²) in [6.07, 6.45) is 1.24. The fraction of sp³-hybridized carbons (Fsp3) is 0.464. The van der Waals surface area contributed by atoms with Crippen molar-refractivity contribution in [1.82, 2.24) is 10.6 Å². The summed E-state index contributed by atoms with van der Waals surface area (Å²) in [5.74, 6) is -2.30. The van der Waals surface area contributed by atoms with E-state index in [0.717, 1.165) is 6.29 Å². The van der Waals surface area contributed by atoms with E-state index in [0.29, 0.717) is 28.3 Å². The Kier molecular flexibility index (Phi) is 9.57. The molecule has 1 amide bonds. The number of carbonyl (C=O) groups is 3. The molecule has 0 bridgehead atoms. The van der Waals surface area contributed by atoms with Gasteiger partial charge in [0, 0.05) is 42.7 Å². The van der Waals surface area contributed by atoms with Crippen molar-refractivity contribution in [2.75, 3.05) is 25.5 Å². The lowest BCUT2D eigenvalue weighted by Crippen LogP contribution is -2.47. The smallest absolute Gasteiger partial charge is 0.237 e. The fourth-order valence-corrected chi connectivity index (χ4v) is 5.74. The van der Waals surface area contributed by atoms with Crippen molar-refractivity contribution in [3.8, 4) is 0 Å². The van der Waals surface area contributed by atoms with Gasteiger partial charge in [-0.3, -0.25) is 9.59 Å². The number of ketones is 1. The molecule has 0 radical (unpaired) electrons. The molecular weight excluding hydrogens is 532 g/mol. The highest BCUT2D eigenvalue weighted by atomic mass is 35.5. The Labute approximate surface area is 232 Å². The van der Waals surface area contributed by atoms with Crippen molar-refractivity contribution < 1.29 is 23.9 Å². The maximum atomic E-state index is 15.0.